The fourth-order valence-corrected chi connectivity index (χ4v) is 3.64. The molecule has 0 unspecified atom stereocenters. The van der Waals surface area contributed by atoms with Gasteiger partial charge in [-0.3, -0.25) is 14.4 Å². The molecule has 0 radical (unpaired) electrons. The first-order valence-electron chi connectivity index (χ1n) is 8.87. The maximum atomic E-state index is 13.2. The van der Waals surface area contributed by atoms with Gasteiger partial charge in [0.25, 0.3) is 5.91 Å². The number of urea groups is 1. The normalized spacial score (nSPS) is 19.2. The van der Waals surface area contributed by atoms with E-state index in [1.807, 2.05) is 36.5 Å². The van der Waals surface area contributed by atoms with Crippen LogP contribution in [0, 0.1) is 0 Å². The first-order valence-corrected chi connectivity index (χ1v) is 8.87. The predicted octanol–water partition coefficient (Wildman–Crippen LogP) is 1.13. The molecular formula is C18H22N6O2. The van der Waals surface area contributed by atoms with Crippen LogP contribution < -0.4 is 20.9 Å². The second-order valence-electron chi connectivity index (χ2n) is 6.62. The molecule has 3 amide bonds. The molecule has 0 atom stereocenters. The number of aromatic nitrogens is 2. The summed E-state index contributed by atoms with van der Waals surface area (Å²) in [6, 6.07) is 9.12. The zero-order valence-corrected chi connectivity index (χ0v) is 14.4. The second-order valence-corrected chi connectivity index (χ2v) is 6.62. The molecule has 0 spiro atoms. The van der Waals surface area contributed by atoms with Crippen molar-refractivity contribution in [1.82, 2.24) is 20.4 Å². The van der Waals surface area contributed by atoms with Gasteiger partial charge in [0.1, 0.15) is 5.54 Å². The first-order chi connectivity index (χ1) is 12.7. The van der Waals surface area contributed by atoms with Crippen LogP contribution in [0.15, 0.2) is 42.7 Å². The molecule has 2 aliphatic heterocycles. The third-order valence-corrected chi connectivity index (χ3v) is 5.07. The minimum Gasteiger partial charge on any atom is -0.336 e. The lowest BCUT2D eigenvalue weighted by molar-refractivity contribution is -0.126. The van der Waals surface area contributed by atoms with E-state index < -0.39 is 5.54 Å². The molecule has 1 aromatic heterocycles. The summed E-state index contributed by atoms with van der Waals surface area (Å²) in [4.78, 5) is 26.7. The summed E-state index contributed by atoms with van der Waals surface area (Å²) >= 11 is 0. The van der Waals surface area contributed by atoms with Crippen molar-refractivity contribution < 1.29 is 9.59 Å². The fraction of sp³-hybridized carbons (Fsp3) is 0.389. The first kappa shape index (κ1) is 16.6. The van der Waals surface area contributed by atoms with Crippen molar-refractivity contribution in [3.8, 4) is 0 Å². The zero-order chi connectivity index (χ0) is 18.0. The minimum absolute atomic E-state index is 0.0780. The second kappa shape index (κ2) is 6.80. The number of hydrogen-bond donors (Lipinski definition) is 3. The van der Waals surface area contributed by atoms with Crippen molar-refractivity contribution in [2.24, 2.45) is 0 Å². The maximum Gasteiger partial charge on any atom is 0.321 e. The number of carbonyl (C=O) groups is 2. The highest BCUT2D eigenvalue weighted by molar-refractivity contribution is 5.98. The Morgan fingerprint density at radius 2 is 2.04 bits per heavy atom. The van der Waals surface area contributed by atoms with Gasteiger partial charge in [-0.25, -0.2) is 4.79 Å². The van der Waals surface area contributed by atoms with Crippen LogP contribution in [0.4, 0.5) is 16.2 Å². The molecule has 136 valence electrons. The largest absolute Gasteiger partial charge is 0.336 e. The molecule has 0 bridgehead atoms. The topological polar surface area (TPSA) is 91.3 Å². The Kier molecular flexibility index (Phi) is 4.34. The maximum absolute atomic E-state index is 13.2. The van der Waals surface area contributed by atoms with Crippen LogP contribution in [0.3, 0.4) is 0 Å². The highest BCUT2D eigenvalue weighted by Crippen LogP contribution is 2.29. The molecule has 8 heteroatoms. The summed E-state index contributed by atoms with van der Waals surface area (Å²) in [5.41, 5.74) is 0.754. The Bertz CT molecular complexity index is 798. The van der Waals surface area contributed by atoms with E-state index >= 15 is 0 Å². The highest BCUT2D eigenvalue weighted by Gasteiger charge is 2.42. The number of benzene rings is 1. The van der Waals surface area contributed by atoms with E-state index in [2.05, 4.69) is 21.0 Å². The minimum atomic E-state index is -0.699. The fourth-order valence-electron chi connectivity index (χ4n) is 3.64. The Hall–Kier alpha value is -2.87. The van der Waals surface area contributed by atoms with Crippen molar-refractivity contribution in [2.45, 2.75) is 18.4 Å². The summed E-state index contributed by atoms with van der Waals surface area (Å²) in [6.45, 7) is 2.78. The van der Waals surface area contributed by atoms with Gasteiger partial charge in [0.15, 0.2) is 0 Å². The van der Waals surface area contributed by atoms with Crippen molar-refractivity contribution >= 4 is 23.3 Å². The average molecular weight is 354 g/mol. The van der Waals surface area contributed by atoms with E-state index in [0.717, 1.165) is 18.8 Å². The number of nitrogens with one attached hydrogen (secondary N) is 3. The molecule has 2 fully saturated rings. The van der Waals surface area contributed by atoms with Gasteiger partial charge in [-0.05, 0) is 50.2 Å². The molecule has 3 heterocycles. The van der Waals surface area contributed by atoms with Crippen LogP contribution in [0.5, 0.6) is 0 Å². The van der Waals surface area contributed by atoms with Gasteiger partial charge >= 0.3 is 6.03 Å². The molecule has 0 saturated carbocycles. The van der Waals surface area contributed by atoms with E-state index in [1.165, 1.54) is 0 Å². The summed E-state index contributed by atoms with van der Waals surface area (Å²) in [5, 5.41) is 13.5. The van der Waals surface area contributed by atoms with Gasteiger partial charge in [0, 0.05) is 36.9 Å². The summed E-state index contributed by atoms with van der Waals surface area (Å²) < 4.78 is 1.76. The SMILES string of the molecule is O=C1NCCN1c1cccc(NC(=O)C2(n3cccn3)CCNCC2)c1. The van der Waals surface area contributed by atoms with Gasteiger partial charge in [0.05, 0.1) is 0 Å². The van der Waals surface area contributed by atoms with Crippen LogP contribution in [0.1, 0.15) is 12.8 Å². The lowest BCUT2D eigenvalue weighted by Gasteiger charge is -2.36. The van der Waals surface area contributed by atoms with E-state index in [1.54, 1.807) is 15.8 Å². The number of amides is 3. The molecule has 2 aliphatic rings. The molecule has 1 aromatic carbocycles. The van der Waals surface area contributed by atoms with E-state index in [9.17, 15) is 9.59 Å². The Balaban J connectivity index is 1.58. The van der Waals surface area contributed by atoms with Gasteiger partial charge in [-0.2, -0.15) is 5.10 Å². The van der Waals surface area contributed by atoms with Gasteiger partial charge in [0.2, 0.25) is 0 Å². The summed E-state index contributed by atoms with van der Waals surface area (Å²) in [7, 11) is 0. The van der Waals surface area contributed by atoms with E-state index in [-0.39, 0.29) is 11.9 Å². The van der Waals surface area contributed by atoms with Crippen molar-refractivity contribution in [2.75, 3.05) is 36.4 Å². The molecule has 26 heavy (non-hydrogen) atoms. The van der Waals surface area contributed by atoms with Crippen molar-refractivity contribution in [3.05, 3.63) is 42.7 Å². The molecule has 2 saturated heterocycles. The monoisotopic (exact) mass is 354 g/mol. The van der Waals surface area contributed by atoms with E-state index in [4.69, 9.17) is 0 Å². The zero-order valence-electron chi connectivity index (χ0n) is 14.4. The smallest absolute Gasteiger partial charge is 0.321 e. The third-order valence-electron chi connectivity index (χ3n) is 5.07. The van der Waals surface area contributed by atoms with Crippen LogP contribution >= 0.6 is 0 Å². The molecule has 8 nitrogen and oxygen atoms in total. The van der Waals surface area contributed by atoms with Crippen LogP contribution in [-0.4, -0.2) is 47.9 Å². The van der Waals surface area contributed by atoms with Gasteiger partial charge in [-0.1, -0.05) is 6.07 Å². The molecule has 4 rings (SSSR count). The lowest BCUT2D eigenvalue weighted by Crippen LogP contribution is -2.52. The number of piperidine rings is 1. The molecule has 0 aliphatic carbocycles. The van der Waals surface area contributed by atoms with Gasteiger partial charge < -0.3 is 16.0 Å². The Morgan fingerprint density at radius 1 is 1.19 bits per heavy atom. The number of nitrogens with zero attached hydrogens (tertiary/aromatic N) is 3. The van der Waals surface area contributed by atoms with Crippen molar-refractivity contribution in [1.29, 1.82) is 0 Å². The Morgan fingerprint density at radius 3 is 2.73 bits per heavy atom. The summed E-state index contributed by atoms with van der Waals surface area (Å²) in [6.07, 6.45) is 4.89. The van der Waals surface area contributed by atoms with E-state index in [0.29, 0.717) is 31.6 Å². The standard InChI is InChI=1S/C18H22N6O2/c25-16(18(5-8-19-9-6-18)24-11-2-7-21-24)22-14-3-1-4-15(13-14)23-12-10-20-17(23)26/h1-4,7,11,13,19H,5-6,8-10,12H2,(H,20,26)(H,22,25). The average Bonchev–Trinajstić information content (AvgIpc) is 3.34. The molecular weight excluding hydrogens is 332 g/mol. The van der Waals surface area contributed by atoms with Crippen LogP contribution in [0.2, 0.25) is 0 Å². The summed E-state index contributed by atoms with van der Waals surface area (Å²) in [5.74, 6) is -0.0780. The quantitative estimate of drug-likeness (QED) is 0.768. The highest BCUT2D eigenvalue weighted by atomic mass is 16.2. The number of hydrogen-bond acceptors (Lipinski definition) is 4. The number of rotatable bonds is 4. The Labute approximate surface area is 151 Å². The molecule has 2 aromatic rings. The lowest BCUT2D eigenvalue weighted by atomic mass is 9.87. The third kappa shape index (κ3) is 2.92. The molecule has 3 N–H and O–H groups in total. The van der Waals surface area contributed by atoms with Crippen molar-refractivity contribution in [3.63, 3.8) is 0 Å². The van der Waals surface area contributed by atoms with Gasteiger partial charge in [-0.15, -0.1) is 0 Å². The predicted molar refractivity (Wildman–Crippen MR) is 98.1 cm³/mol. The number of carbonyl (C=O) groups excluding carboxylic acids is 2. The van der Waals surface area contributed by atoms with Crippen LogP contribution in [-0.2, 0) is 10.3 Å². The number of anilines is 2. The van der Waals surface area contributed by atoms with Crippen LogP contribution in [0.25, 0.3) is 0 Å².